The van der Waals surface area contributed by atoms with Crippen LogP contribution in [0.2, 0.25) is 0 Å². The van der Waals surface area contributed by atoms with Crippen LogP contribution in [0.1, 0.15) is 58.2 Å². The molecular formula is C21H33N3O3. The van der Waals surface area contributed by atoms with Gasteiger partial charge in [0.25, 0.3) is 0 Å². The molecule has 1 rings (SSSR count). The number of benzene rings is 1. The highest BCUT2D eigenvalue weighted by atomic mass is 16.2. The van der Waals surface area contributed by atoms with Crippen molar-refractivity contribution < 1.29 is 14.4 Å². The molecule has 3 amide bonds. The molecule has 0 spiro atoms. The molecule has 150 valence electrons. The van der Waals surface area contributed by atoms with E-state index >= 15 is 0 Å². The van der Waals surface area contributed by atoms with Crippen molar-refractivity contribution in [1.82, 2.24) is 0 Å². The van der Waals surface area contributed by atoms with Gasteiger partial charge in [-0.3, -0.25) is 14.4 Å². The van der Waals surface area contributed by atoms with Gasteiger partial charge in [-0.05, 0) is 36.0 Å². The largest absolute Gasteiger partial charge is 0.369 e. The molecule has 6 nitrogen and oxygen atoms in total. The lowest BCUT2D eigenvalue weighted by Crippen LogP contribution is -2.35. The van der Waals surface area contributed by atoms with Crippen LogP contribution in [0.5, 0.6) is 0 Å². The van der Waals surface area contributed by atoms with E-state index in [0.717, 1.165) is 16.7 Å². The molecule has 0 radical (unpaired) electrons. The summed E-state index contributed by atoms with van der Waals surface area (Å²) in [6, 6.07) is 5.91. The molecule has 0 atom stereocenters. The van der Waals surface area contributed by atoms with Crippen molar-refractivity contribution in [3.05, 3.63) is 34.9 Å². The standard InChI is InChI=1S/C21H33N3O3/c1-19(2,16(22)25)10-13-7-14(11-20(3,4)17(23)26)9-15(8-13)12-21(5,6)18(24)27/h7-9H,10-12H2,1-6H3,(H2,22,25)(H2,23,26)(H2,24,27). The molecule has 27 heavy (non-hydrogen) atoms. The van der Waals surface area contributed by atoms with Gasteiger partial charge in [0.1, 0.15) is 0 Å². The van der Waals surface area contributed by atoms with Crippen LogP contribution in [-0.4, -0.2) is 17.7 Å². The van der Waals surface area contributed by atoms with E-state index in [0.29, 0.717) is 19.3 Å². The first-order valence-corrected chi connectivity index (χ1v) is 9.08. The summed E-state index contributed by atoms with van der Waals surface area (Å²) in [4.78, 5) is 35.2. The van der Waals surface area contributed by atoms with Gasteiger partial charge >= 0.3 is 0 Å². The van der Waals surface area contributed by atoms with Crippen molar-refractivity contribution in [3.63, 3.8) is 0 Å². The molecule has 0 fully saturated rings. The van der Waals surface area contributed by atoms with Crippen molar-refractivity contribution in [2.45, 2.75) is 60.8 Å². The molecule has 1 aromatic rings. The molecule has 6 heteroatoms. The molecule has 0 aromatic heterocycles. The van der Waals surface area contributed by atoms with Gasteiger partial charge in [-0.25, -0.2) is 0 Å². The summed E-state index contributed by atoms with van der Waals surface area (Å²) in [6.45, 7) is 10.8. The van der Waals surface area contributed by atoms with Gasteiger partial charge in [-0.15, -0.1) is 0 Å². The lowest BCUT2D eigenvalue weighted by molar-refractivity contribution is -0.126. The van der Waals surface area contributed by atoms with Gasteiger partial charge < -0.3 is 17.2 Å². The predicted octanol–water partition coefficient (Wildman–Crippen LogP) is 1.85. The van der Waals surface area contributed by atoms with E-state index in [2.05, 4.69) is 0 Å². The van der Waals surface area contributed by atoms with E-state index in [1.54, 1.807) is 41.5 Å². The highest BCUT2D eigenvalue weighted by molar-refractivity contribution is 5.81. The third-order valence-corrected chi connectivity index (χ3v) is 5.05. The topological polar surface area (TPSA) is 129 Å². The maximum absolute atomic E-state index is 11.7. The van der Waals surface area contributed by atoms with Crippen molar-refractivity contribution in [1.29, 1.82) is 0 Å². The number of rotatable bonds is 9. The van der Waals surface area contributed by atoms with E-state index < -0.39 is 16.2 Å². The molecule has 0 saturated carbocycles. The number of nitrogens with two attached hydrogens (primary N) is 3. The fraction of sp³-hybridized carbons (Fsp3) is 0.571. The molecule has 0 heterocycles. The first-order chi connectivity index (χ1) is 12.1. The maximum Gasteiger partial charge on any atom is 0.223 e. The first kappa shape index (κ1) is 22.7. The second-order valence-electron chi connectivity index (χ2n) is 9.43. The predicted molar refractivity (Wildman–Crippen MR) is 106 cm³/mol. The fourth-order valence-corrected chi connectivity index (χ4v) is 2.94. The Balaban J connectivity index is 3.36. The van der Waals surface area contributed by atoms with Crippen molar-refractivity contribution in [3.8, 4) is 0 Å². The molecule has 1 aromatic carbocycles. The average molecular weight is 376 g/mol. The second-order valence-corrected chi connectivity index (χ2v) is 9.43. The van der Waals surface area contributed by atoms with Crippen molar-refractivity contribution in [2.75, 3.05) is 0 Å². The van der Waals surface area contributed by atoms with Gasteiger partial charge in [-0.1, -0.05) is 59.7 Å². The van der Waals surface area contributed by atoms with Gasteiger partial charge in [0.15, 0.2) is 0 Å². The first-order valence-electron chi connectivity index (χ1n) is 9.08. The van der Waals surface area contributed by atoms with Gasteiger partial charge in [-0.2, -0.15) is 0 Å². The molecule has 0 unspecified atom stereocenters. The number of hydrogen-bond acceptors (Lipinski definition) is 3. The maximum atomic E-state index is 11.7. The summed E-state index contributed by atoms with van der Waals surface area (Å²) in [7, 11) is 0. The fourth-order valence-electron chi connectivity index (χ4n) is 2.94. The lowest BCUT2D eigenvalue weighted by atomic mass is 9.79. The zero-order valence-corrected chi connectivity index (χ0v) is 17.3. The zero-order valence-electron chi connectivity index (χ0n) is 17.3. The SMILES string of the molecule is CC(C)(Cc1cc(CC(C)(C)C(N)=O)cc(CC(C)(C)C(N)=O)c1)C(N)=O. The van der Waals surface area contributed by atoms with E-state index in [4.69, 9.17) is 17.2 Å². The Labute approximate surface area is 161 Å². The Morgan fingerprint density at radius 1 is 0.593 bits per heavy atom. The van der Waals surface area contributed by atoms with Gasteiger partial charge in [0.05, 0.1) is 0 Å². The third kappa shape index (κ3) is 6.08. The quantitative estimate of drug-likeness (QED) is 0.609. The van der Waals surface area contributed by atoms with Crippen LogP contribution in [-0.2, 0) is 33.6 Å². The summed E-state index contributed by atoms with van der Waals surface area (Å²) in [5.41, 5.74) is 17.2. The van der Waals surface area contributed by atoms with Crippen LogP contribution in [0, 0.1) is 16.2 Å². The molecule has 6 N–H and O–H groups in total. The van der Waals surface area contributed by atoms with Crippen LogP contribution >= 0.6 is 0 Å². The summed E-state index contributed by atoms with van der Waals surface area (Å²) < 4.78 is 0. The summed E-state index contributed by atoms with van der Waals surface area (Å²) in [6.07, 6.45) is 1.37. The third-order valence-electron chi connectivity index (χ3n) is 5.05. The van der Waals surface area contributed by atoms with E-state index in [1.165, 1.54) is 0 Å². The molecule has 0 aliphatic rings. The zero-order chi connectivity index (χ0) is 21.2. The Kier molecular flexibility index (Phi) is 6.47. The highest BCUT2D eigenvalue weighted by Crippen LogP contribution is 2.29. The van der Waals surface area contributed by atoms with Gasteiger partial charge in [0.2, 0.25) is 17.7 Å². The minimum absolute atomic E-state index is 0.385. The van der Waals surface area contributed by atoms with E-state index in [1.807, 2.05) is 18.2 Å². The number of amides is 3. The number of hydrogen-bond donors (Lipinski definition) is 3. The molecule has 0 aliphatic heterocycles. The average Bonchev–Trinajstić information content (AvgIpc) is 2.44. The summed E-state index contributed by atoms with van der Waals surface area (Å²) >= 11 is 0. The number of carbonyl (C=O) groups is 3. The molecule has 0 bridgehead atoms. The molecule has 0 saturated heterocycles. The van der Waals surface area contributed by atoms with Crippen LogP contribution < -0.4 is 17.2 Å². The van der Waals surface area contributed by atoms with Crippen molar-refractivity contribution >= 4 is 17.7 Å². The second kappa shape index (κ2) is 7.71. The summed E-state index contributed by atoms with van der Waals surface area (Å²) in [5.74, 6) is -1.15. The van der Waals surface area contributed by atoms with Crippen LogP contribution in [0.4, 0.5) is 0 Å². The Bertz CT molecular complexity index is 637. The number of primary amides is 3. The van der Waals surface area contributed by atoms with E-state index in [-0.39, 0.29) is 17.7 Å². The minimum Gasteiger partial charge on any atom is -0.369 e. The smallest absolute Gasteiger partial charge is 0.223 e. The lowest BCUT2D eigenvalue weighted by Gasteiger charge is -2.25. The van der Waals surface area contributed by atoms with Crippen molar-refractivity contribution in [2.24, 2.45) is 33.4 Å². The van der Waals surface area contributed by atoms with Crippen LogP contribution in [0.25, 0.3) is 0 Å². The monoisotopic (exact) mass is 375 g/mol. The minimum atomic E-state index is -0.714. The van der Waals surface area contributed by atoms with E-state index in [9.17, 15) is 14.4 Å². The van der Waals surface area contributed by atoms with Crippen LogP contribution in [0.15, 0.2) is 18.2 Å². The van der Waals surface area contributed by atoms with Crippen LogP contribution in [0.3, 0.4) is 0 Å². The Hall–Kier alpha value is -2.37. The normalized spacial score (nSPS) is 12.7. The Morgan fingerprint density at radius 2 is 0.778 bits per heavy atom. The number of carbonyl (C=O) groups excluding carboxylic acids is 3. The highest BCUT2D eigenvalue weighted by Gasteiger charge is 2.30. The Morgan fingerprint density at radius 3 is 0.926 bits per heavy atom. The molecular weight excluding hydrogens is 342 g/mol. The summed E-state index contributed by atoms with van der Waals surface area (Å²) in [5, 5.41) is 0. The molecule has 0 aliphatic carbocycles. The van der Waals surface area contributed by atoms with Gasteiger partial charge in [0, 0.05) is 16.2 Å².